The van der Waals surface area contributed by atoms with E-state index in [1.807, 2.05) is 5.32 Å². The highest BCUT2D eigenvalue weighted by atomic mass is 16.4. The highest BCUT2D eigenvalue weighted by Gasteiger charge is 2.30. The molecule has 0 heterocycles. The molecule has 4 unspecified atom stereocenters. The fraction of sp³-hybridized carbons (Fsp3) is 0.429. The molecular formula is C21H29N5O9. The zero-order valence-electron chi connectivity index (χ0n) is 18.7. The smallest absolute Gasteiger partial charge is 0.328 e. The third-order valence-corrected chi connectivity index (χ3v) is 4.76. The van der Waals surface area contributed by atoms with Gasteiger partial charge in [-0.25, -0.2) is 4.79 Å². The van der Waals surface area contributed by atoms with Crippen LogP contribution < -0.4 is 27.4 Å². The van der Waals surface area contributed by atoms with Gasteiger partial charge in [-0.1, -0.05) is 30.3 Å². The molecule has 10 N–H and O–H groups in total. The van der Waals surface area contributed by atoms with E-state index in [0.717, 1.165) is 0 Å². The number of primary amides is 1. The van der Waals surface area contributed by atoms with Crippen molar-refractivity contribution in [3.05, 3.63) is 35.9 Å². The number of aliphatic hydroxyl groups is 1. The van der Waals surface area contributed by atoms with E-state index >= 15 is 0 Å². The van der Waals surface area contributed by atoms with E-state index in [4.69, 9.17) is 26.8 Å². The molecule has 0 aliphatic carbocycles. The Hall–Kier alpha value is -4.04. The van der Waals surface area contributed by atoms with Crippen LogP contribution in [0.3, 0.4) is 0 Å². The van der Waals surface area contributed by atoms with Crippen LogP contribution in [0.4, 0.5) is 0 Å². The summed E-state index contributed by atoms with van der Waals surface area (Å²) >= 11 is 0. The Morgan fingerprint density at radius 3 is 1.89 bits per heavy atom. The van der Waals surface area contributed by atoms with E-state index in [2.05, 4.69) is 10.6 Å². The average Bonchev–Trinajstić information content (AvgIpc) is 2.79. The Labute approximate surface area is 200 Å². The highest BCUT2D eigenvalue weighted by molar-refractivity contribution is 5.95. The molecule has 0 aliphatic rings. The number of benzene rings is 1. The Kier molecular flexibility index (Phi) is 11.8. The van der Waals surface area contributed by atoms with Crippen molar-refractivity contribution < 1.29 is 44.1 Å². The maximum Gasteiger partial charge on any atom is 0.328 e. The molecule has 0 bridgehead atoms. The highest BCUT2D eigenvalue weighted by Crippen LogP contribution is 2.06. The predicted molar refractivity (Wildman–Crippen MR) is 119 cm³/mol. The molecule has 1 rings (SSSR count). The third kappa shape index (κ3) is 10.6. The summed E-state index contributed by atoms with van der Waals surface area (Å²) in [4.78, 5) is 71.1. The number of carboxylic acids is 2. The van der Waals surface area contributed by atoms with Gasteiger partial charge in [-0.3, -0.25) is 24.0 Å². The number of hydrogen-bond donors (Lipinski definition) is 8. The molecule has 1 aromatic rings. The maximum atomic E-state index is 13.0. The summed E-state index contributed by atoms with van der Waals surface area (Å²) in [5.74, 6) is -6.45. The SMILES string of the molecule is NC(=O)CCC(NC(=O)C(Cc1ccccc1)NC(=O)C(N)CC(=O)O)C(=O)NC(CO)C(=O)O. The summed E-state index contributed by atoms with van der Waals surface area (Å²) in [7, 11) is 0. The topological polar surface area (TPSA) is 251 Å². The van der Waals surface area contributed by atoms with Gasteiger partial charge in [0.15, 0.2) is 0 Å². The standard InChI is InChI=1S/C21H29N5O9/c22-12(9-17(29)30)18(31)25-14(8-11-4-2-1-3-5-11)20(33)24-13(6-7-16(23)28)19(32)26-15(10-27)21(34)35/h1-5,12-15,27H,6-10,22H2,(H2,23,28)(H,24,33)(H,25,31)(H,26,32)(H,29,30)(H,34,35). The second-order valence-corrected chi connectivity index (χ2v) is 7.60. The monoisotopic (exact) mass is 495 g/mol. The molecule has 0 saturated carbocycles. The first-order chi connectivity index (χ1) is 16.4. The van der Waals surface area contributed by atoms with Crippen molar-refractivity contribution in [1.82, 2.24) is 16.0 Å². The number of aliphatic carboxylic acids is 2. The first kappa shape index (κ1) is 29.0. The van der Waals surface area contributed by atoms with Crippen molar-refractivity contribution in [3.63, 3.8) is 0 Å². The van der Waals surface area contributed by atoms with Gasteiger partial charge in [0.25, 0.3) is 0 Å². The maximum absolute atomic E-state index is 13.0. The van der Waals surface area contributed by atoms with Crippen molar-refractivity contribution in [2.75, 3.05) is 6.61 Å². The molecule has 35 heavy (non-hydrogen) atoms. The third-order valence-electron chi connectivity index (χ3n) is 4.76. The van der Waals surface area contributed by atoms with Gasteiger partial charge in [-0.15, -0.1) is 0 Å². The number of carbonyl (C=O) groups is 6. The lowest BCUT2D eigenvalue weighted by Crippen LogP contribution is -2.58. The Balaban J connectivity index is 3.10. The zero-order valence-corrected chi connectivity index (χ0v) is 18.7. The van der Waals surface area contributed by atoms with Crippen molar-refractivity contribution in [3.8, 4) is 0 Å². The predicted octanol–water partition coefficient (Wildman–Crippen LogP) is -3.17. The summed E-state index contributed by atoms with van der Waals surface area (Å²) in [5, 5.41) is 33.7. The molecule has 4 amide bonds. The van der Waals surface area contributed by atoms with Gasteiger partial charge in [0.05, 0.1) is 19.1 Å². The van der Waals surface area contributed by atoms with Crippen LogP contribution in [0.25, 0.3) is 0 Å². The minimum atomic E-state index is -1.66. The molecule has 14 heteroatoms. The second-order valence-electron chi connectivity index (χ2n) is 7.60. The number of aliphatic hydroxyl groups excluding tert-OH is 1. The number of carboxylic acid groups (broad SMARTS) is 2. The molecule has 4 atom stereocenters. The summed E-state index contributed by atoms with van der Waals surface area (Å²) in [6.07, 6.45) is -1.38. The van der Waals surface area contributed by atoms with E-state index in [1.165, 1.54) is 0 Å². The molecular weight excluding hydrogens is 466 g/mol. The van der Waals surface area contributed by atoms with Crippen molar-refractivity contribution in [2.45, 2.75) is 49.9 Å². The van der Waals surface area contributed by atoms with Crippen LogP contribution in [0.1, 0.15) is 24.8 Å². The van der Waals surface area contributed by atoms with Crippen LogP contribution in [-0.4, -0.2) is 81.7 Å². The lowest BCUT2D eigenvalue weighted by molar-refractivity contribution is -0.143. The van der Waals surface area contributed by atoms with Crippen LogP contribution in [0.5, 0.6) is 0 Å². The van der Waals surface area contributed by atoms with Gasteiger partial charge in [-0.05, 0) is 12.0 Å². The molecule has 0 spiro atoms. The largest absolute Gasteiger partial charge is 0.481 e. The van der Waals surface area contributed by atoms with Crippen molar-refractivity contribution in [2.24, 2.45) is 11.5 Å². The van der Waals surface area contributed by atoms with Crippen molar-refractivity contribution >= 4 is 35.6 Å². The molecule has 14 nitrogen and oxygen atoms in total. The van der Waals surface area contributed by atoms with Crippen LogP contribution >= 0.6 is 0 Å². The Bertz CT molecular complexity index is 925. The van der Waals surface area contributed by atoms with Gasteiger partial charge < -0.3 is 42.7 Å². The molecule has 0 aliphatic heterocycles. The lowest BCUT2D eigenvalue weighted by Gasteiger charge is -2.25. The van der Waals surface area contributed by atoms with E-state index in [0.29, 0.717) is 5.56 Å². The fourth-order valence-corrected chi connectivity index (χ4v) is 2.90. The number of amides is 4. The molecule has 0 saturated heterocycles. The molecule has 192 valence electrons. The van der Waals surface area contributed by atoms with Gasteiger partial charge in [0.2, 0.25) is 23.6 Å². The quantitative estimate of drug-likeness (QED) is 0.121. The minimum absolute atomic E-state index is 0.0588. The Morgan fingerprint density at radius 1 is 0.829 bits per heavy atom. The van der Waals surface area contributed by atoms with E-state index in [9.17, 15) is 28.8 Å². The van der Waals surface area contributed by atoms with E-state index < -0.39 is 72.8 Å². The van der Waals surface area contributed by atoms with Gasteiger partial charge >= 0.3 is 11.9 Å². The lowest BCUT2D eigenvalue weighted by atomic mass is 10.0. The zero-order chi connectivity index (χ0) is 26.5. The van der Waals surface area contributed by atoms with E-state index in [1.54, 1.807) is 30.3 Å². The number of nitrogens with one attached hydrogen (secondary N) is 3. The van der Waals surface area contributed by atoms with Gasteiger partial charge in [-0.2, -0.15) is 0 Å². The number of rotatable bonds is 15. The second kappa shape index (κ2) is 14.3. The van der Waals surface area contributed by atoms with Crippen LogP contribution in [0.15, 0.2) is 30.3 Å². The number of hydrogen-bond acceptors (Lipinski definition) is 8. The van der Waals surface area contributed by atoms with E-state index in [-0.39, 0.29) is 19.3 Å². The fourth-order valence-electron chi connectivity index (χ4n) is 2.90. The number of carbonyl (C=O) groups excluding carboxylic acids is 4. The van der Waals surface area contributed by atoms with Gasteiger partial charge in [0, 0.05) is 12.8 Å². The summed E-state index contributed by atoms with van der Waals surface area (Å²) in [6, 6.07) is 2.58. The first-order valence-electron chi connectivity index (χ1n) is 10.5. The molecule has 0 radical (unpaired) electrons. The van der Waals surface area contributed by atoms with Crippen molar-refractivity contribution in [1.29, 1.82) is 0 Å². The summed E-state index contributed by atoms with van der Waals surface area (Å²) < 4.78 is 0. The summed E-state index contributed by atoms with van der Waals surface area (Å²) in [6.45, 7) is -0.925. The van der Waals surface area contributed by atoms with Gasteiger partial charge in [0.1, 0.15) is 18.1 Å². The first-order valence-corrected chi connectivity index (χ1v) is 10.5. The van der Waals surface area contributed by atoms with Crippen LogP contribution in [-0.2, 0) is 35.2 Å². The van der Waals surface area contributed by atoms with Crippen LogP contribution in [0.2, 0.25) is 0 Å². The minimum Gasteiger partial charge on any atom is -0.481 e. The molecule has 0 aromatic heterocycles. The summed E-state index contributed by atoms with van der Waals surface area (Å²) in [5.41, 5.74) is 11.3. The van der Waals surface area contributed by atoms with Crippen LogP contribution in [0, 0.1) is 0 Å². The Morgan fingerprint density at radius 2 is 1.37 bits per heavy atom. The molecule has 1 aromatic carbocycles. The average molecular weight is 495 g/mol. The molecule has 0 fully saturated rings. The number of nitrogens with two attached hydrogens (primary N) is 2. The normalized spacial score (nSPS) is 14.0.